The van der Waals surface area contributed by atoms with Gasteiger partial charge in [0.2, 0.25) is 0 Å². The molecule has 1 saturated heterocycles. The summed E-state index contributed by atoms with van der Waals surface area (Å²) in [5, 5.41) is 3.04. The number of benzene rings is 3. The summed E-state index contributed by atoms with van der Waals surface area (Å²) in [5.74, 6) is -2.19. The Morgan fingerprint density at radius 3 is 2.26 bits per heavy atom. The molecule has 1 amide bonds. The maximum atomic E-state index is 14.1. The number of likely N-dealkylation sites (tertiary alicyclic amines) is 1. The average molecular weight is 533 g/mol. The van der Waals surface area contributed by atoms with Crippen molar-refractivity contribution in [3.05, 3.63) is 114 Å². The zero-order valence-electron chi connectivity index (χ0n) is 21.1. The summed E-state index contributed by atoms with van der Waals surface area (Å²) in [6.45, 7) is 1.39. The van der Waals surface area contributed by atoms with E-state index in [1.54, 1.807) is 12.1 Å². The van der Waals surface area contributed by atoms with E-state index in [-0.39, 0.29) is 36.2 Å². The Kier molecular flexibility index (Phi) is 8.17. The molecule has 0 radical (unpaired) electrons. The molecule has 200 valence electrons. The second-order valence-corrected chi connectivity index (χ2v) is 9.38. The van der Waals surface area contributed by atoms with Gasteiger partial charge in [0.15, 0.2) is 23.2 Å². The van der Waals surface area contributed by atoms with Crippen molar-refractivity contribution in [2.24, 2.45) is 0 Å². The van der Waals surface area contributed by atoms with Gasteiger partial charge in [-0.2, -0.15) is 0 Å². The van der Waals surface area contributed by atoms with E-state index in [0.29, 0.717) is 42.9 Å². The largest absolute Gasteiger partial charge is 0.486 e. The van der Waals surface area contributed by atoms with Crippen LogP contribution < -0.4 is 10.1 Å². The lowest BCUT2D eigenvalue weighted by molar-refractivity contribution is 0.0828. The Morgan fingerprint density at radius 2 is 1.59 bits per heavy atom. The number of amides is 1. The van der Waals surface area contributed by atoms with E-state index < -0.39 is 11.6 Å². The third-order valence-corrected chi connectivity index (χ3v) is 6.79. The Bertz CT molecular complexity index is 1390. The van der Waals surface area contributed by atoms with Gasteiger partial charge in [0.1, 0.15) is 12.4 Å². The highest BCUT2D eigenvalue weighted by Crippen LogP contribution is 2.28. The summed E-state index contributed by atoms with van der Waals surface area (Å²) in [4.78, 5) is 23.5. The number of nitrogens with one attached hydrogen (secondary N) is 1. The van der Waals surface area contributed by atoms with Crippen LogP contribution in [0.1, 0.15) is 34.8 Å². The predicted molar refractivity (Wildman–Crippen MR) is 141 cm³/mol. The second kappa shape index (κ2) is 12.1. The number of carbonyl (C=O) groups excluding carboxylic acids is 1. The van der Waals surface area contributed by atoms with Crippen molar-refractivity contribution in [1.29, 1.82) is 0 Å². The van der Waals surface area contributed by atoms with Crippen molar-refractivity contribution in [2.75, 3.05) is 19.7 Å². The van der Waals surface area contributed by atoms with E-state index in [0.717, 1.165) is 5.56 Å². The molecule has 2 heterocycles. The Morgan fingerprint density at radius 1 is 0.923 bits per heavy atom. The first-order valence-corrected chi connectivity index (χ1v) is 12.7. The van der Waals surface area contributed by atoms with Gasteiger partial charge in [-0.3, -0.25) is 9.69 Å². The van der Waals surface area contributed by atoms with Crippen LogP contribution in [0.3, 0.4) is 0 Å². The number of carbonyl (C=O) groups is 1. The fraction of sp³-hybridized carbons (Fsp3) is 0.233. The smallest absolute Gasteiger partial charge is 0.254 e. The van der Waals surface area contributed by atoms with Gasteiger partial charge in [0, 0.05) is 37.1 Å². The van der Waals surface area contributed by atoms with E-state index in [4.69, 9.17) is 4.74 Å². The molecule has 1 aliphatic heterocycles. The number of hydrogen-bond donors (Lipinski definition) is 1. The molecule has 1 unspecified atom stereocenters. The van der Waals surface area contributed by atoms with Crippen LogP contribution in [-0.2, 0) is 0 Å². The van der Waals surface area contributed by atoms with Crippen LogP contribution in [0.25, 0.3) is 11.4 Å². The van der Waals surface area contributed by atoms with Gasteiger partial charge < -0.3 is 10.1 Å². The maximum Gasteiger partial charge on any atom is 0.254 e. The van der Waals surface area contributed by atoms with Crippen LogP contribution in [-0.4, -0.2) is 46.5 Å². The molecule has 6 nitrogen and oxygen atoms in total. The summed E-state index contributed by atoms with van der Waals surface area (Å²) < 4.78 is 47.4. The lowest BCUT2D eigenvalue weighted by atomic mass is 9.99. The first kappa shape index (κ1) is 26.4. The molecule has 39 heavy (non-hydrogen) atoms. The molecule has 4 aromatic rings. The number of ether oxygens (including phenoxy) is 1. The van der Waals surface area contributed by atoms with E-state index in [1.807, 2.05) is 30.3 Å². The minimum atomic E-state index is -0.740. The van der Waals surface area contributed by atoms with Crippen molar-refractivity contribution in [3.63, 3.8) is 0 Å². The van der Waals surface area contributed by atoms with Crippen LogP contribution in [0, 0.1) is 17.5 Å². The Hall–Kier alpha value is -4.24. The zero-order valence-corrected chi connectivity index (χ0v) is 21.1. The minimum Gasteiger partial charge on any atom is -0.486 e. The molecule has 3 aromatic carbocycles. The highest BCUT2D eigenvalue weighted by Gasteiger charge is 2.28. The number of para-hydroxylation sites is 1. The zero-order chi connectivity index (χ0) is 27.2. The van der Waals surface area contributed by atoms with Crippen molar-refractivity contribution in [3.8, 4) is 17.1 Å². The molecule has 1 fully saturated rings. The highest BCUT2D eigenvalue weighted by molar-refractivity contribution is 5.93. The van der Waals surface area contributed by atoms with Gasteiger partial charge in [-0.1, -0.05) is 48.5 Å². The Labute approximate surface area is 224 Å². The molecule has 0 spiro atoms. The van der Waals surface area contributed by atoms with Crippen molar-refractivity contribution in [2.45, 2.75) is 24.9 Å². The number of rotatable bonds is 8. The van der Waals surface area contributed by atoms with Gasteiger partial charge in [-0.25, -0.2) is 23.1 Å². The van der Waals surface area contributed by atoms with Gasteiger partial charge in [-0.15, -0.1) is 0 Å². The van der Waals surface area contributed by atoms with E-state index in [2.05, 4.69) is 20.2 Å². The molecule has 1 aromatic heterocycles. The number of aromatic nitrogens is 2. The quantitative estimate of drug-likeness (QED) is 0.321. The van der Waals surface area contributed by atoms with Crippen LogP contribution in [0.5, 0.6) is 5.75 Å². The lowest BCUT2D eigenvalue weighted by Crippen LogP contribution is -2.46. The number of nitrogens with zero attached hydrogens (tertiary/aromatic N) is 3. The van der Waals surface area contributed by atoms with Crippen LogP contribution in [0.4, 0.5) is 13.2 Å². The van der Waals surface area contributed by atoms with Crippen LogP contribution >= 0.6 is 0 Å². The van der Waals surface area contributed by atoms with E-state index in [9.17, 15) is 18.0 Å². The highest BCUT2D eigenvalue weighted by atomic mass is 19.1. The average Bonchev–Trinajstić information content (AvgIpc) is 2.96. The van der Waals surface area contributed by atoms with E-state index in [1.165, 1.54) is 42.7 Å². The minimum absolute atomic E-state index is 0.0574. The Balaban J connectivity index is 1.20. The first-order valence-electron chi connectivity index (χ1n) is 12.7. The van der Waals surface area contributed by atoms with Crippen molar-refractivity contribution in [1.82, 2.24) is 20.2 Å². The van der Waals surface area contributed by atoms with Gasteiger partial charge in [0.25, 0.3) is 5.91 Å². The number of piperidine rings is 1. The lowest BCUT2D eigenvalue weighted by Gasteiger charge is -2.38. The van der Waals surface area contributed by atoms with E-state index >= 15 is 0 Å². The van der Waals surface area contributed by atoms with Crippen molar-refractivity contribution < 1.29 is 22.7 Å². The molecule has 1 aliphatic rings. The summed E-state index contributed by atoms with van der Waals surface area (Å²) in [5.41, 5.74) is 1.83. The maximum absolute atomic E-state index is 14.1. The topological polar surface area (TPSA) is 67.4 Å². The molecule has 0 aliphatic carbocycles. The number of halogens is 3. The third kappa shape index (κ3) is 6.43. The molecular weight excluding hydrogens is 505 g/mol. The van der Waals surface area contributed by atoms with Crippen LogP contribution in [0.15, 0.2) is 85.2 Å². The fourth-order valence-corrected chi connectivity index (χ4v) is 4.72. The normalized spacial score (nSPS) is 15.1. The standard InChI is InChI=1S/C30H27F3N4O2/c31-23-9-4-8-21(16-23)29-34-17-22(18-35-29)30(38)36-24-12-14-37(15-13-24)27(20-6-2-1-3-7-20)19-39-28-25(32)10-5-11-26(28)33/h1-11,16-18,24,27H,12-15,19H2,(H,36,38). The fourth-order valence-electron chi connectivity index (χ4n) is 4.72. The molecule has 9 heteroatoms. The first-order chi connectivity index (χ1) is 19.0. The summed E-state index contributed by atoms with van der Waals surface area (Å²) in [7, 11) is 0. The SMILES string of the molecule is O=C(NC1CCN(C(COc2c(F)cccc2F)c2ccccc2)CC1)c1cnc(-c2cccc(F)c2)nc1. The molecule has 1 N–H and O–H groups in total. The molecule has 0 bridgehead atoms. The molecular formula is C30H27F3N4O2. The summed E-state index contributed by atoms with van der Waals surface area (Å²) in [6.07, 6.45) is 4.24. The molecule has 5 rings (SSSR count). The molecule has 1 atom stereocenters. The third-order valence-electron chi connectivity index (χ3n) is 6.79. The van der Waals surface area contributed by atoms with Crippen molar-refractivity contribution >= 4 is 5.91 Å². The monoisotopic (exact) mass is 532 g/mol. The van der Waals surface area contributed by atoms with Crippen LogP contribution in [0.2, 0.25) is 0 Å². The predicted octanol–water partition coefficient (Wildman–Crippen LogP) is 5.58. The second-order valence-electron chi connectivity index (χ2n) is 9.38. The van der Waals surface area contributed by atoms with Gasteiger partial charge in [-0.05, 0) is 42.7 Å². The van der Waals surface area contributed by atoms with Gasteiger partial charge >= 0.3 is 0 Å². The molecule has 0 saturated carbocycles. The van der Waals surface area contributed by atoms with Gasteiger partial charge in [0.05, 0.1) is 11.6 Å². The summed E-state index contributed by atoms with van der Waals surface area (Å²) in [6, 6.07) is 19.0. The number of hydrogen-bond acceptors (Lipinski definition) is 5. The summed E-state index contributed by atoms with van der Waals surface area (Å²) >= 11 is 0.